The molecular formula is C33H39ClN9O2P. The van der Waals surface area contributed by atoms with Crippen LogP contribution in [-0.2, 0) is 11.6 Å². The molecule has 0 unspecified atom stereocenters. The van der Waals surface area contributed by atoms with Crippen LogP contribution in [0.3, 0.4) is 0 Å². The summed E-state index contributed by atoms with van der Waals surface area (Å²) in [5.74, 6) is 1.32. The summed E-state index contributed by atoms with van der Waals surface area (Å²) in [4.78, 5) is 20.5. The zero-order chi connectivity index (χ0) is 32.6. The average molecular weight is 660 g/mol. The Morgan fingerprint density at radius 2 is 1.80 bits per heavy atom. The fourth-order valence-electron chi connectivity index (χ4n) is 5.96. The smallest absolute Gasteiger partial charge is 0.229 e. The molecule has 1 saturated heterocycles. The highest BCUT2D eigenvalue weighted by Gasteiger charge is 2.30. The zero-order valence-corrected chi connectivity index (χ0v) is 28.7. The molecule has 240 valence electrons. The van der Waals surface area contributed by atoms with E-state index in [2.05, 4.69) is 61.6 Å². The van der Waals surface area contributed by atoms with Crippen LogP contribution in [0.2, 0.25) is 5.02 Å². The standard InChI is InChI=1S/C33H39ClN9O2P/c1-7-33(2)10-14-43(15-11-33)27-17-28(45-4)26(16-22(27)21-18-38-42(3)20-21)40-32-37-19-23(34)31(41-32)39-25-9-8-24-29(36-13-12-35-24)30(25)46(5,6)44/h8-9,12-13,16-20H,7,10-11,14-15H2,1-6H3,(H2,37,39,40,41). The Morgan fingerprint density at radius 3 is 2.48 bits per heavy atom. The van der Waals surface area contributed by atoms with E-state index >= 15 is 0 Å². The SMILES string of the molecule is CCC1(C)CCN(c2cc(OC)c(Nc3ncc(Cl)c(Nc4ccc5nccnc5c4P(C)(C)=O)n3)cc2-c2cnn(C)c2)CC1. The van der Waals surface area contributed by atoms with E-state index in [-0.39, 0.29) is 0 Å². The van der Waals surface area contributed by atoms with Gasteiger partial charge in [0.25, 0.3) is 0 Å². The third-order valence-electron chi connectivity index (χ3n) is 8.89. The highest BCUT2D eigenvalue weighted by Crippen LogP contribution is 2.44. The molecule has 4 heterocycles. The van der Waals surface area contributed by atoms with Crippen molar-refractivity contribution in [3.8, 4) is 16.9 Å². The van der Waals surface area contributed by atoms with Gasteiger partial charge >= 0.3 is 0 Å². The van der Waals surface area contributed by atoms with Crippen molar-refractivity contribution >= 4 is 63.9 Å². The second-order valence-corrected chi connectivity index (χ2v) is 16.1. The summed E-state index contributed by atoms with van der Waals surface area (Å²) in [7, 11) is 0.790. The van der Waals surface area contributed by atoms with Crippen LogP contribution in [0, 0.1) is 5.41 Å². The lowest BCUT2D eigenvalue weighted by Gasteiger charge is -2.40. The Labute approximate surface area is 274 Å². The van der Waals surface area contributed by atoms with E-state index < -0.39 is 7.14 Å². The Bertz CT molecular complexity index is 1950. The van der Waals surface area contributed by atoms with Crippen molar-refractivity contribution in [2.24, 2.45) is 12.5 Å². The highest BCUT2D eigenvalue weighted by atomic mass is 35.5. The Kier molecular flexibility index (Phi) is 8.65. The van der Waals surface area contributed by atoms with Crippen LogP contribution < -0.4 is 25.6 Å². The molecule has 0 amide bonds. The lowest BCUT2D eigenvalue weighted by molar-refractivity contribution is 0.238. The zero-order valence-electron chi connectivity index (χ0n) is 27.0. The van der Waals surface area contributed by atoms with Gasteiger partial charge in [0.1, 0.15) is 23.4 Å². The molecule has 0 bridgehead atoms. The maximum Gasteiger partial charge on any atom is 0.229 e. The van der Waals surface area contributed by atoms with Crippen molar-refractivity contribution in [3.05, 3.63) is 60.3 Å². The number of methoxy groups -OCH3 is 1. The van der Waals surface area contributed by atoms with Gasteiger partial charge in [-0.05, 0) is 49.8 Å². The summed E-state index contributed by atoms with van der Waals surface area (Å²) in [6, 6.07) is 7.80. The van der Waals surface area contributed by atoms with Gasteiger partial charge < -0.3 is 24.8 Å². The molecule has 5 aromatic rings. The third kappa shape index (κ3) is 6.39. The lowest BCUT2D eigenvalue weighted by atomic mass is 9.78. The third-order valence-corrected chi connectivity index (χ3v) is 10.7. The number of hydrogen-bond acceptors (Lipinski definition) is 10. The molecule has 1 aliphatic heterocycles. The summed E-state index contributed by atoms with van der Waals surface area (Å²) >= 11 is 6.59. The van der Waals surface area contributed by atoms with Gasteiger partial charge in [-0.3, -0.25) is 14.6 Å². The molecule has 1 aliphatic rings. The number of fused-ring (bicyclic) bond motifs is 1. The van der Waals surface area contributed by atoms with Crippen LogP contribution in [0.25, 0.3) is 22.2 Å². The summed E-state index contributed by atoms with van der Waals surface area (Å²) in [6.07, 6.45) is 12.1. The van der Waals surface area contributed by atoms with E-state index in [1.165, 1.54) is 12.6 Å². The van der Waals surface area contributed by atoms with Crippen LogP contribution >= 0.6 is 18.7 Å². The van der Waals surface area contributed by atoms with Gasteiger partial charge in [0.15, 0.2) is 5.82 Å². The average Bonchev–Trinajstić information content (AvgIpc) is 3.48. The van der Waals surface area contributed by atoms with Crippen molar-refractivity contribution in [2.45, 2.75) is 33.1 Å². The first-order valence-electron chi connectivity index (χ1n) is 15.3. The molecule has 0 aliphatic carbocycles. The first kappa shape index (κ1) is 31.8. The molecule has 1 fully saturated rings. The summed E-state index contributed by atoms with van der Waals surface area (Å²) in [5, 5.41) is 12.0. The number of piperidine rings is 1. The largest absolute Gasteiger partial charge is 0.494 e. The molecule has 3 aromatic heterocycles. The van der Waals surface area contributed by atoms with Gasteiger partial charge in [0.2, 0.25) is 5.95 Å². The monoisotopic (exact) mass is 659 g/mol. The molecular weight excluding hydrogens is 621 g/mol. The second kappa shape index (κ2) is 12.5. The van der Waals surface area contributed by atoms with Gasteiger partial charge in [-0.2, -0.15) is 10.1 Å². The van der Waals surface area contributed by atoms with Crippen LogP contribution in [0.4, 0.5) is 28.8 Å². The van der Waals surface area contributed by atoms with Crippen molar-refractivity contribution < 1.29 is 9.30 Å². The first-order valence-corrected chi connectivity index (χ1v) is 18.3. The number of nitrogens with one attached hydrogen (secondary N) is 2. The quantitative estimate of drug-likeness (QED) is 0.157. The van der Waals surface area contributed by atoms with E-state index in [9.17, 15) is 4.57 Å². The minimum Gasteiger partial charge on any atom is -0.494 e. The van der Waals surface area contributed by atoms with Crippen molar-refractivity contribution in [2.75, 3.05) is 49.1 Å². The number of aromatic nitrogens is 6. The summed E-state index contributed by atoms with van der Waals surface area (Å²) < 4.78 is 21.1. The van der Waals surface area contributed by atoms with Crippen LogP contribution in [0.5, 0.6) is 5.75 Å². The van der Waals surface area contributed by atoms with Crippen LogP contribution in [0.15, 0.2) is 55.2 Å². The Hall–Kier alpha value is -4.21. The number of aryl methyl sites for hydroxylation is 1. The fourth-order valence-corrected chi connectivity index (χ4v) is 7.49. The predicted octanol–water partition coefficient (Wildman–Crippen LogP) is 7.23. The minimum atomic E-state index is -2.78. The van der Waals surface area contributed by atoms with E-state index in [1.54, 1.807) is 37.5 Å². The maximum atomic E-state index is 13.4. The molecule has 0 spiro atoms. The summed E-state index contributed by atoms with van der Waals surface area (Å²) in [5.41, 5.74) is 6.02. The highest BCUT2D eigenvalue weighted by molar-refractivity contribution is 7.71. The fraction of sp³-hybridized carbons (Fsp3) is 0.364. The first-order chi connectivity index (χ1) is 22.0. The Balaban J connectivity index is 1.36. The molecule has 2 N–H and O–H groups in total. The number of ether oxygens (including phenoxy) is 1. The van der Waals surface area contributed by atoms with E-state index in [1.807, 2.05) is 31.6 Å². The number of halogens is 1. The molecule has 0 atom stereocenters. The number of benzene rings is 2. The maximum absolute atomic E-state index is 13.4. The normalized spacial score (nSPS) is 14.8. The van der Waals surface area contributed by atoms with Crippen molar-refractivity contribution in [3.63, 3.8) is 0 Å². The number of anilines is 5. The molecule has 0 saturated carbocycles. The Morgan fingerprint density at radius 1 is 1.04 bits per heavy atom. The predicted molar refractivity (Wildman–Crippen MR) is 187 cm³/mol. The van der Waals surface area contributed by atoms with E-state index in [4.69, 9.17) is 21.3 Å². The molecule has 0 radical (unpaired) electrons. The summed E-state index contributed by atoms with van der Waals surface area (Å²) in [6.45, 7) is 10.0. The van der Waals surface area contributed by atoms with Crippen molar-refractivity contribution in [1.29, 1.82) is 0 Å². The number of hydrogen-bond donors (Lipinski definition) is 2. The van der Waals surface area contributed by atoms with Crippen LogP contribution in [0.1, 0.15) is 33.1 Å². The number of rotatable bonds is 9. The van der Waals surface area contributed by atoms with Gasteiger partial charge in [-0.1, -0.05) is 31.9 Å². The van der Waals surface area contributed by atoms with E-state index in [0.717, 1.165) is 42.7 Å². The topological polar surface area (TPSA) is 123 Å². The molecule has 46 heavy (non-hydrogen) atoms. The van der Waals surface area contributed by atoms with Gasteiger partial charge in [-0.25, -0.2) is 4.98 Å². The van der Waals surface area contributed by atoms with Crippen molar-refractivity contribution in [1.82, 2.24) is 29.7 Å². The van der Waals surface area contributed by atoms with Gasteiger partial charge in [0, 0.05) is 61.6 Å². The molecule has 6 rings (SSSR count). The minimum absolute atomic E-state index is 0.306. The molecule has 13 heteroatoms. The van der Waals surface area contributed by atoms with Gasteiger partial charge in [-0.15, -0.1) is 0 Å². The molecule has 2 aromatic carbocycles. The van der Waals surface area contributed by atoms with Crippen LogP contribution in [-0.4, -0.2) is 63.2 Å². The molecule has 11 nitrogen and oxygen atoms in total. The van der Waals surface area contributed by atoms with Gasteiger partial charge in [0.05, 0.1) is 41.7 Å². The lowest BCUT2D eigenvalue weighted by Crippen LogP contribution is -2.38. The van der Waals surface area contributed by atoms with E-state index in [0.29, 0.717) is 55.7 Å². The second-order valence-electron chi connectivity index (χ2n) is 12.5. The number of nitrogens with zero attached hydrogens (tertiary/aromatic N) is 7.